The van der Waals surface area contributed by atoms with Crippen LogP contribution in [-0.4, -0.2) is 23.2 Å². The van der Waals surface area contributed by atoms with Gasteiger partial charge in [0.15, 0.2) is 5.13 Å². The van der Waals surface area contributed by atoms with Crippen molar-refractivity contribution in [2.45, 2.75) is 12.7 Å². The highest BCUT2D eigenvalue weighted by Gasteiger charge is 2.11. The molecule has 1 aromatic heterocycles. The zero-order valence-electron chi connectivity index (χ0n) is 13.1. The Bertz CT molecular complexity index is 794. The summed E-state index contributed by atoms with van der Waals surface area (Å²) in [4.78, 5) is 4.49. The van der Waals surface area contributed by atoms with Crippen LogP contribution in [0, 0.1) is 0 Å². The lowest BCUT2D eigenvalue weighted by Crippen LogP contribution is -2.12. The van der Waals surface area contributed by atoms with E-state index in [0.717, 1.165) is 11.3 Å². The Morgan fingerprint density at radius 1 is 1.08 bits per heavy atom. The van der Waals surface area contributed by atoms with Crippen LogP contribution < -0.4 is 10.1 Å². The third-order valence-corrected chi connectivity index (χ3v) is 4.31. The van der Waals surface area contributed by atoms with E-state index in [1.165, 1.54) is 23.5 Å². The molecule has 1 atom stereocenters. The van der Waals surface area contributed by atoms with Gasteiger partial charge in [0.2, 0.25) is 0 Å². The van der Waals surface area contributed by atoms with Gasteiger partial charge < -0.3 is 15.2 Å². The Balaban J connectivity index is 1.57. The molecule has 1 unspecified atom stereocenters. The first-order valence-corrected chi connectivity index (χ1v) is 8.47. The monoisotopic (exact) mass is 362 g/mol. The summed E-state index contributed by atoms with van der Waals surface area (Å²) in [5.74, 6) is 0.0614. The minimum Gasteiger partial charge on any atom is -0.435 e. The van der Waals surface area contributed by atoms with E-state index in [0.29, 0.717) is 10.7 Å². The number of halogens is 2. The molecular weight excluding hydrogens is 346 g/mol. The molecule has 7 heteroatoms. The van der Waals surface area contributed by atoms with E-state index < -0.39 is 12.7 Å². The predicted octanol–water partition coefficient (Wildman–Crippen LogP) is 4.56. The average Bonchev–Trinajstić information content (AvgIpc) is 3.10. The zero-order valence-corrected chi connectivity index (χ0v) is 13.9. The Morgan fingerprint density at radius 3 is 2.48 bits per heavy atom. The molecule has 2 aromatic carbocycles. The number of nitrogens with zero attached hydrogens (tertiary/aromatic N) is 1. The number of aromatic nitrogens is 1. The van der Waals surface area contributed by atoms with Crippen molar-refractivity contribution in [3.8, 4) is 17.0 Å². The maximum atomic E-state index is 12.1. The third kappa shape index (κ3) is 4.74. The Morgan fingerprint density at radius 2 is 1.80 bits per heavy atom. The van der Waals surface area contributed by atoms with Crippen LogP contribution >= 0.6 is 11.3 Å². The van der Waals surface area contributed by atoms with Crippen molar-refractivity contribution < 1.29 is 18.6 Å². The van der Waals surface area contributed by atoms with Gasteiger partial charge in [-0.25, -0.2) is 4.98 Å². The second-order valence-electron chi connectivity index (χ2n) is 5.25. The number of rotatable bonds is 7. The number of aliphatic hydroxyl groups excluding tert-OH is 1. The molecule has 4 nitrogen and oxygen atoms in total. The van der Waals surface area contributed by atoms with Crippen LogP contribution in [0.15, 0.2) is 60.0 Å². The predicted molar refractivity (Wildman–Crippen MR) is 94.1 cm³/mol. The number of ether oxygens (including phenoxy) is 1. The molecule has 0 spiro atoms. The number of thiazole rings is 1. The number of anilines is 1. The molecule has 0 aliphatic carbocycles. The Kier molecular flexibility index (Phi) is 5.57. The van der Waals surface area contributed by atoms with Crippen LogP contribution in [0.1, 0.15) is 11.7 Å². The van der Waals surface area contributed by atoms with Gasteiger partial charge in [0.05, 0.1) is 11.8 Å². The van der Waals surface area contributed by atoms with Crippen molar-refractivity contribution in [2.24, 2.45) is 0 Å². The fourth-order valence-electron chi connectivity index (χ4n) is 2.27. The lowest BCUT2D eigenvalue weighted by atomic mass is 10.1. The highest BCUT2D eigenvalue weighted by atomic mass is 32.1. The molecule has 3 aromatic rings. The first-order valence-electron chi connectivity index (χ1n) is 7.59. The van der Waals surface area contributed by atoms with Crippen molar-refractivity contribution in [1.82, 2.24) is 4.98 Å². The van der Waals surface area contributed by atoms with Gasteiger partial charge in [-0.3, -0.25) is 0 Å². The summed E-state index contributed by atoms with van der Waals surface area (Å²) >= 11 is 1.45. The van der Waals surface area contributed by atoms with Gasteiger partial charge in [0.25, 0.3) is 0 Å². The highest BCUT2D eigenvalue weighted by molar-refractivity contribution is 7.14. The molecule has 0 saturated carbocycles. The Hall–Kier alpha value is -2.51. The van der Waals surface area contributed by atoms with Crippen molar-refractivity contribution in [1.29, 1.82) is 0 Å². The first kappa shape index (κ1) is 17.3. The van der Waals surface area contributed by atoms with Gasteiger partial charge in [-0.05, 0) is 17.7 Å². The normalized spacial score (nSPS) is 12.2. The summed E-state index contributed by atoms with van der Waals surface area (Å²) in [6.45, 7) is -2.60. The van der Waals surface area contributed by atoms with Crippen LogP contribution in [0.4, 0.5) is 13.9 Å². The summed E-state index contributed by atoms with van der Waals surface area (Å²) < 4.78 is 28.5. The number of aliphatic hydroxyl groups is 1. The van der Waals surface area contributed by atoms with Gasteiger partial charge in [-0.2, -0.15) is 8.78 Å². The van der Waals surface area contributed by atoms with Crippen LogP contribution in [-0.2, 0) is 0 Å². The van der Waals surface area contributed by atoms with Crippen LogP contribution in [0.3, 0.4) is 0 Å². The second kappa shape index (κ2) is 8.04. The zero-order chi connectivity index (χ0) is 17.6. The number of hydrogen-bond donors (Lipinski definition) is 2. The molecule has 3 rings (SSSR count). The number of benzene rings is 2. The molecule has 0 aliphatic heterocycles. The number of hydrogen-bond acceptors (Lipinski definition) is 5. The molecule has 25 heavy (non-hydrogen) atoms. The van der Waals surface area contributed by atoms with Crippen LogP contribution in [0.2, 0.25) is 0 Å². The largest absolute Gasteiger partial charge is 0.435 e. The van der Waals surface area contributed by atoms with Crippen molar-refractivity contribution in [3.05, 3.63) is 65.5 Å². The maximum absolute atomic E-state index is 12.1. The fourth-order valence-corrected chi connectivity index (χ4v) is 3.00. The number of alkyl halides is 2. The minimum absolute atomic E-state index is 0.0614. The van der Waals surface area contributed by atoms with Gasteiger partial charge in [-0.1, -0.05) is 42.5 Å². The van der Waals surface area contributed by atoms with Crippen molar-refractivity contribution >= 4 is 16.5 Å². The molecule has 130 valence electrons. The summed E-state index contributed by atoms with van der Waals surface area (Å²) in [5.41, 5.74) is 2.51. The highest BCUT2D eigenvalue weighted by Crippen LogP contribution is 2.25. The van der Waals surface area contributed by atoms with Crippen molar-refractivity contribution in [3.63, 3.8) is 0 Å². The van der Waals surface area contributed by atoms with Crippen molar-refractivity contribution in [2.75, 3.05) is 11.9 Å². The SMILES string of the molecule is OC(CNc1nc(-c2ccccc2)cs1)c1ccc(OC(F)F)cc1. The molecule has 0 saturated heterocycles. The van der Waals surface area contributed by atoms with E-state index in [9.17, 15) is 13.9 Å². The Labute approximate surface area is 147 Å². The standard InChI is InChI=1S/C18H16F2N2O2S/c19-17(20)24-14-8-6-13(7-9-14)16(23)10-21-18-22-15(11-25-18)12-4-2-1-3-5-12/h1-9,11,16-17,23H,10H2,(H,21,22). The van der Waals surface area contributed by atoms with E-state index in [1.54, 1.807) is 12.1 Å². The van der Waals surface area contributed by atoms with E-state index in [1.807, 2.05) is 35.7 Å². The maximum Gasteiger partial charge on any atom is 0.387 e. The van der Waals surface area contributed by atoms with Gasteiger partial charge >= 0.3 is 6.61 Å². The first-order chi connectivity index (χ1) is 12.1. The smallest absolute Gasteiger partial charge is 0.387 e. The summed E-state index contributed by atoms with van der Waals surface area (Å²) in [6, 6.07) is 15.7. The van der Waals surface area contributed by atoms with Crippen LogP contribution in [0.5, 0.6) is 5.75 Å². The summed E-state index contributed by atoms with van der Waals surface area (Å²) in [7, 11) is 0. The minimum atomic E-state index is -2.86. The third-order valence-electron chi connectivity index (χ3n) is 3.51. The molecular formula is C18H16F2N2O2S. The molecule has 0 bridgehead atoms. The van der Waals surface area contributed by atoms with E-state index in [2.05, 4.69) is 15.0 Å². The molecule has 1 heterocycles. The lowest BCUT2D eigenvalue weighted by molar-refractivity contribution is -0.0498. The van der Waals surface area contributed by atoms with Gasteiger partial charge in [0, 0.05) is 17.5 Å². The second-order valence-corrected chi connectivity index (χ2v) is 6.11. The van der Waals surface area contributed by atoms with Crippen LogP contribution in [0.25, 0.3) is 11.3 Å². The summed E-state index contributed by atoms with van der Waals surface area (Å²) in [6.07, 6.45) is -0.787. The molecule has 0 amide bonds. The van der Waals surface area contributed by atoms with Gasteiger partial charge in [0.1, 0.15) is 5.75 Å². The summed E-state index contributed by atoms with van der Waals surface area (Å²) in [5, 5.41) is 15.9. The average molecular weight is 362 g/mol. The topological polar surface area (TPSA) is 54.4 Å². The lowest BCUT2D eigenvalue weighted by Gasteiger charge is -2.12. The fraction of sp³-hybridized carbons (Fsp3) is 0.167. The molecule has 0 aliphatic rings. The molecule has 2 N–H and O–H groups in total. The molecule has 0 fully saturated rings. The molecule has 0 radical (unpaired) electrons. The van der Waals surface area contributed by atoms with E-state index in [-0.39, 0.29) is 12.3 Å². The van der Waals surface area contributed by atoms with E-state index in [4.69, 9.17) is 0 Å². The quantitative estimate of drug-likeness (QED) is 0.647. The van der Waals surface area contributed by atoms with Gasteiger partial charge in [-0.15, -0.1) is 11.3 Å². The van der Waals surface area contributed by atoms with E-state index >= 15 is 0 Å². The number of nitrogens with one attached hydrogen (secondary N) is 1.